The van der Waals surface area contributed by atoms with Gasteiger partial charge in [0.1, 0.15) is 13.2 Å². The quantitative estimate of drug-likeness (QED) is 0.586. The van der Waals surface area contributed by atoms with Crippen LogP contribution in [0, 0.1) is 5.92 Å². The summed E-state index contributed by atoms with van der Waals surface area (Å²) >= 11 is 1.86. The lowest BCUT2D eigenvalue weighted by Gasteiger charge is -2.18. The van der Waals surface area contributed by atoms with E-state index in [1.54, 1.807) is 0 Å². The van der Waals surface area contributed by atoms with Crippen LogP contribution in [0.4, 0.5) is 0 Å². The molecule has 0 bridgehead atoms. The van der Waals surface area contributed by atoms with Crippen molar-refractivity contribution >= 4 is 11.8 Å². The monoisotopic (exact) mass is 295 g/mol. The molecule has 0 amide bonds. The molecule has 3 nitrogen and oxygen atoms in total. The van der Waals surface area contributed by atoms with Crippen LogP contribution in [0.2, 0.25) is 0 Å². The number of rotatable bonds is 8. The van der Waals surface area contributed by atoms with Gasteiger partial charge in [0.25, 0.3) is 0 Å². The van der Waals surface area contributed by atoms with Crippen LogP contribution in [-0.4, -0.2) is 32.1 Å². The van der Waals surface area contributed by atoms with Gasteiger partial charge in [-0.1, -0.05) is 13.8 Å². The molecule has 0 fully saturated rings. The predicted molar refractivity (Wildman–Crippen MR) is 85.1 cm³/mol. The maximum absolute atomic E-state index is 5.59. The number of nitrogens with one attached hydrogen (secondary N) is 1. The van der Waals surface area contributed by atoms with E-state index in [4.69, 9.17) is 9.47 Å². The lowest BCUT2D eigenvalue weighted by molar-refractivity contribution is 0.171. The Bertz CT molecular complexity index is 409. The van der Waals surface area contributed by atoms with Crippen molar-refractivity contribution in [1.29, 1.82) is 0 Å². The van der Waals surface area contributed by atoms with E-state index in [0.29, 0.717) is 13.2 Å². The zero-order valence-corrected chi connectivity index (χ0v) is 13.3. The molecule has 0 unspecified atom stereocenters. The van der Waals surface area contributed by atoms with Gasteiger partial charge in [-0.15, -0.1) is 11.8 Å². The fraction of sp³-hybridized carbons (Fsp3) is 0.625. The van der Waals surface area contributed by atoms with E-state index >= 15 is 0 Å². The van der Waals surface area contributed by atoms with E-state index in [2.05, 4.69) is 31.3 Å². The van der Waals surface area contributed by atoms with E-state index < -0.39 is 0 Å². The van der Waals surface area contributed by atoms with Crippen LogP contribution in [0.3, 0.4) is 0 Å². The second-order valence-corrected chi connectivity index (χ2v) is 6.61. The predicted octanol–water partition coefficient (Wildman–Crippen LogP) is 3.58. The van der Waals surface area contributed by atoms with Gasteiger partial charge in [-0.3, -0.25) is 0 Å². The van der Waals surface area contributed by atoms with E-state index in [9.17, 15) is 0 Å². The Morgan fingerprint density at radius 1 is 1.15 bits per heavy atom. The van der Waals surface area contributed by atoms with E-state index in [0.717, 1.165) is 36.3 Å². The number of hydrogen-bond acceptors (Lipinski definition) is 4. The third-order valence-corrected chi connectivity index (χ3v) is 4.19. The Morgan fingerprint density at radius 3 is 2.75 bits per heavy atom. The van der Waals surface area contributed by atoms with Crippen LogP contribution in [0.1, 0.15) is 26.7 Å². The van der Waals surface area contributed by atoms with Gasteiger partial charge in [0.15, 0.2) is 11.5 Å². The highest BCUT2D eigenvalue weighted by Crippen LogP contribution is 2.33. The Balaban J connectivity index is 1.62. The molecule has 0 saturated heterocycles. The van der Waals surface area contributed by atoms with Gasteiger partial charge >= 0.3 is 0 Å². The first-order valence-electron chi connectivity index (χ1n) is 7.49. The third-order valence-electron chi connectivity index (χ3n) is 3.20. The molecule has 1 aromatic rings. The first kappa shape index (κ1) is 15.5. The first-order valence-corrected chi connectivity index (χ1v) is 8.47. The molecule has 0 radical (unpaired) electrons. The number of thioether (sulfide) groups is 1. The molecule has 0 saturated carbocycles. The van der Waals surface area contributed by atoms with Crippen LogP contribution >= 0.6 is 11.8 Å². The largest absolute Gasteiger partial charge is 0.486 e. The summed E-state index contributed by atoms with van der Waals surface area (Å²) in [7, 11) is 0. The smallest absolute Gasteiger partial charge is 0.162 e. The minimum absolute atomic E-state index is 0.651. The zero-order chi connectivity index (χ0) is 14.2. The highest BCUT2D eigenvalue weighted by atomic mass is 32.2. The summed E-state index contributed by atoms with van der Waals surface area (Å²) in [6, 6.07) is 6.20. The van der Waals surface area contributed by atoms with Crippen LogP contribution < -0.4 is 14.8 Å². The van der Waals surface area contributed by atoms with Crippen molar-refractivity contribution in [2.75, 3.05) is 32.1 Å². The maximum atomic E-state index is 5.59. The lowest BCUT2D eigenvalue weighted by atomic mass is 10.1. The van der Waals surface area contributed by atoms with Gasteiger partial charge in [0, 0.05) is 17.2 Å². The Morgan fingerprint density at radius 2 is 1.95 bits per heavy atom. The molecule has 1 aromatic carbocycles. The number of hydrogen-bond donors (Lipinski definition) is 1. The van der Waals surface area contributed by atoms with Crippen molar-refractivity contribution in [2.24, 2.45) is 5.92 Å². The molecule has 112 valence electrons. The third kappa shape index (κ3) is 5.25. The second-order valence-electron chi connectivity index (χ2n) is 5.44. The summed E-state index contributed by atoms with van der Waals surface area (Å²) in [5.41, 5.74) is 0. The second kappa shape index (κ2) is 8.42. The van der Waals surface area contributed by atoms with Crippen LogP contribution in [0.5, 0.6) is 11.5 Å². The standard InChI is InChI=1S/C16H25NO2S/c1-13(2)4-3-7-17-8-11-20-14-5-6-15-16(12-14)19-10-9-18-15/h5-6,12-13,17H,3-4,7-11H2,1-2H3. The molecule has 2 rings (SSSR count). The topological polar surface area (TPSA) is 30.5 Å². The van der Waals surface area contributed by atoms with Gasteiger partial charge in [-0.05, 0) is 43.5 Å². The maximum Gasteiger partial charge on any atom is 0.162 e. The molecule has 1 aliphatic heterocycles. The summed E-state index contributed by atoms with van der Waals surface area (Å²) < 4.78 is 11.1. The summed E-state index contributed by atoms with van der Waals surface area (Å²) in [6.45, 7) is 8.03. The minimum atomic E-state index is 0.651. The number of ether oxygens (including phenoxy) is 2. The number of benzene rings is 1. The first-order chi connectivity index (χ1) is 9.75. The molecule has 1 aliphatic rings. The van der Waals surface area contributed by atoms with Gasteiger partial charge < -0.3 is 14.8 Å². The minimum Gasteiger partial charge on any atom is -0.486 e. The molecule has 20 heavy (non-hydrogen) atoms. The molecule has 0 atom stereocenters. The highest BCUT2D eigenvalue weighted by Gasteiger charge is 2.11. The molecule has 1 N–H and O–H groups in total. The van der Waals surface area contributed by atoms with Gasteiger partial charge in [-0.25, -0.2) is 0 Å². The Labute approximate surface area is 126 Å². The Kier molecular flexibility index (Phi) is 6.54. The lowest BCUT2D eigenvalue weighted by Crippen LogP contribution is -2.18. The zero-order valence-electron chi connectivity index (χ0n) is 12.5. The van der Waals surface area contributed by atoms with Crippen molar-refractivity contribution in [3.8, 4) is 11.5 Å². The average molecular weight is 295 g/mol. The van der Waals surface area contributed by atoms with Crippen molar-refractivity contribution in [3.05, 3.63) is 18.2 Å². The number of fused-ring (bicyclic) bond motifs is 1. The van der Waals surface area contributed by atoms with Crippen molar-refractivity contribution in [1.82, 2.24) is 5.32 Å². The molecule has 0 aromatic heterocycles. The van der Waals surface area contributed by atoms with E-state index in [1.165, 1.54) is 17.7 Å². The van der Waals surface area contributed by atoms with E-state index in [-0.39, 0.29) is 0 Å². The summed E-state index contributed by atoms with van der Waals surface area (Å²) in [6.07, 6.45) is 2.58. The van der Waals surface area contributed by atoms with Crippen molar-refractivity contribution < 1.29 is 9.47 Å². The molecule has 0 aliphatic carbocycles. The average Bonchev–Trinajstić information content (AvgIpc) is 2.46. The summed E-state index contributed by atoms with van der Waals surface area (Å²) in [4.78, 5) is 1.25. The molecular formula is C16H25NO2S. The van der Waals surface area contributed by atoms with Crippen LogP contribution in [0.15, 0.2) is 23.1 Å². The van der Waals surface area contributed by atoms with Crippen molar-refractivity contribution in [2.45, 2.75) is 31.6 Å². The molecule has 0 spiro atoms. The fourth-order valence-electron chi connectivity index (χ4n) is 2.11. The van der Waals surface area contributed by atoms with Crippen LogP contribution in [0.25, 0.3) is 0 Å². The van der Waals surface area contributed by atoms with Gasteiger partial charge in [0.2, 0.25) is 0 Å². The van der Waals surface area contributed by atoms with Gasteiger partial charge in [0.05, 0.1) is 0 Å². The summed E-state index contributed by atoms with van der Waals surface area (Å²) in [5, 5.41) is 3.50. The van der Waals surface area contributed by atoms with E-state index in [1.807, 2.05) is 17.8 Å². The molecular weight excluding hydrogens is 270 g/mol. The molecule has 4 heteroatoms. The fourth-order valence-corrected chi connectivity index (χ4v) is 2.95. The van der Waals surface area contributed by atoms with Gasteiger partial charge in [-0.2, -0.15) is 0 Å². The highest BCUT2D eigenvalue weighted by molar-refractivity contribution is 7.99. The normalized spacial score (nSPS) is 13.8. The summed E-state index contributed by atoms with van der Waals surface area (Å²) in [5.74, 6) is 3.64. The Hall–Kier alpha value is -0.870. The van der Waals surface area contributed by atoms with Crippen molar-refractivity contribution in [3.63, 3.8) is 0 Å². The van der Waals surface area contributed by atoms with Crippen LogP contribution in [-0.2, 0) is 0 Å². The SMILES string of the molecule is CC(C)CCCNCCSc1ccc2c(c1)OCCO2. The molecule has 1 heterocycles.